The van der Waals surface area contributed by atoms with E-state index in [2.05, 4.69) is 20.9 Å². The smallest absolute Gasteiger partial charge is 0.0755 e. The van der Waals surface area contributed by atoms with Gasteiger partial charge >= 0.3 is 0 Å². The highest BCUT2D eigenvalue weighted by molar-refractivity contribution is 5.08. The Morgan fingerprint density at radius 2 is 2.04 bits per heavy atom. The van der Waals surface area contributed by atoms with Crippen molar-refractivity contribution in [2.75, 3.05) is 46.0 Å². The summed E-state index contributed by atoms with van der Waals surface area (Å²) in [6.45, 7) is 8.13. The molecule has 0 spiro atoms. The Bertz CT molecular complexity index is 492. The van der Waals surface area contributed by atoms with Gasteiger partial charge in [0.25, 0.3) is 0 Å². The van der Waals surface area contributed by atoms with Crippen LogP contribution in [0, 0.1) is 5.92 Å². The third-order valence-electron chi connectivity index (χ3n) is 5.48. The van der Waals surface area contributed by atoms with E-state index in [4.69, 9.17) is 9.47 Å². The number of pyridine rings is 1. The van der Waals surface area contributed by atoms with Gasteiger partial charge in [-0.3, -0.25) is 14.8 Å². The van der Waals surface area contributed by atoms with Crippen LogP contribution in [0.15, 0.2) is 24.5 Å². The van der Waals surface area contributed by atoms with Gasteiger partial charge in [-0.25, -0.2) is 0 Å². The quantitative estimate of drug-likeness (QED) is 0.842. The predicted molar refractivity (Wildman–Crippen MR) is 88.2 cm³/mol. The average molecular weight is 317 g/mol. The van der Waals surface area contributed by atoms with Crippen molar-refractivity contribution < 1.29 is 9.47 Å². The minimum Gasteiger partial charge on any atom is -0.381 e. The maximum Gasteiger partial charge on any atom is 0.0755 e. The Kier molecular flexibility index (Phi) is 4.90. The second-order valence-corrected chi connectivity index (χ2v) is 7.06. The Hall–Kier alpha value is -1.01. The van der Waals surface area contributed by atoms with Crippen molar-refractivity contribution in [3.05, 3.63) is 30.1 Å². The van der Waals surface area contributed by atoms with Gasteiger partial charge in [-0.2, -0.15) is 0 Å². The molecule has 0 N–H and O–H groups in total. The van der Waals surface area contributed by atoms with Crippen LogP contribution in [0.4, 0.5) is 0 Å². The van der Waals surface area contributed by atoms with Gasteiger partial charge in [0.05, 0.1) is 12.7 Å². The molecule has 5 heteroatoms. The maximum atomic E-state index is 6.19. The normalized spacial score (nSPS) is 31.0. The van der Waals surface area contributed by atoms with Crippen LogP contribution < -0.4 is 0 Å². The second kappa shape index (κ2) is 7.26. The fourth-order valence-electron chi connectivity index (χ4n) is 4.24. The lowest BCUT2D eigenvalue weighted by molar-refractivity contribution is 0.0243. The molecule has 1 aromatic rings. The largest absolute Gasteiger partial charge is 0.381 e. The first-order valence-corrected chi connectivity index (χ1v) is 8.93. The minimum atomic E-state index is 0.414. The first-order chi connectivity index (χ1) is 11.4. The van der Waals surface area contributed by atoms with E-state index < -0.39 is 0 Å². The van der Waals surface area contributed by atoms with Crippen LogP contribution in [0.1, 0.15) is 18.4 Å². The van der Waals surface area contributed by atoms with Crippen molar-refractivity contribution in [2.24, 2.45) is 5.92 Å². The number of hydrogen-bond acceptors (Lipinski definition) is 5. The van der Waals surface area contributed by atoms with Gasteiger partial charge in [0.1, 0.15) is 0 Å². The summed E-state index contributed by atoms with van der Waals surface area (Å²) < 4.78 is 11.7. The maximum absolute atomic E-state index is 6.19. The van der Waals surface area contributed by atoms with E-state index in [-0.39, 0.29) is 0 Å². The number of nitrogens with zero attached hydrogens (tertiary/aromatic N) is 3. The van der Waals surface area contributed by atoms with E-state index in [0.29, 0.717) is 18.1 Å². The van der Waals surface area contributed by atoms with Gasteiger partial charge < -0.3 is 9.47 Å². The Balaban J connectivity index is 1.36. The van der Waals surface area contributed by atoms with Crippen molar-refractivity contribution in [3.63, 3.8) is 0 Å². The van der Waals surface area contributed by atoms with Crippen LogP contribution in [-0.2, 0) is 16.0 Å². The van der Waals surface area contributed by atoms with Crippen LogP contribution in [0.5, 0.6) is 0 Å². The monoisotopic (exact) mass is 317 g/mol. The van der Waals surface area contributed by atoms with E-state index in [0.717, 1.165) is 46.0 Å². The van der Waals surface area contributed by atoms with Gasteiger partial charge in [-0.1, -0.05) is 6.07 Å². The molecule has 1 aromatic heterocycles. The van der Waals surface area contributed by atoms with Crippen molar-refractivity contribution in [1.29, 1.82) is 0 Å². The van der Waals surface area contributed by atoms with Crippen molar-refractivity contribution in [1.82, 2.24) is 14.8 Å². The second-order valence-electron chi connectivity index (χ2n) is 7.06. The molecule has 3 saturated heterocycles. The highest BCUT2D eigenvalue weighted by Crippen LogP contribution is 2.28. The van der Waals surface area contributed by atoms with E-state index in [9.17, 15) is 0 Å². The molecule has 3 aliphatic rings. The first-order valence-electron chi connectivity index (χ1n) is 8.93. The lowest BCUT2D eigenvalue weighted by atomic mass is 10.1. The van der Waals surface area contributed by atoms with Gasteiger partial charge in [-0.15, -0.1) is 0 Å². The summed E-state index contributed by atoms with van der Waals surface area (Å²) in [6, 6.07) is 4.89. The molecule has 4 rings (SSSR count). The number of hydrogen-bond donors (Lipinski definition) is 0. The summed E-state index contributed by atoms with van der Waals surface area (Å²) in [4.78, 5) is 9.43. The zero-order valence-corrected chi connectivity index (χ0v) is 13.8. The number of rotatable bonds is 3. The topological polar surface area (TPSA) is 37.8 Å². The Labute approximate surface area is 138 Å². The summed E-state index contributed by atoms with van der Waals surface area (Å²) in [7, 11) is 0. The first kappa shape index (κ1) is 15.5. The number of fused-ring (bicyclic) bond motifs is 1. The predicted octanol–water partition coefficient (Wildman–Crippen LogP) is 1.39. The summed E-state index contributed by atoms with van der Waals surface area (Å²) in [5.41, 5.74) is 1.30. The average Bonchev–Trinajstić information content (AvgIpc) is 2.90. The molecular formula is C18H27N3O2. The van der Waals surface area contributed by atoms with E-state index in [1.54, 1.807) is 0 Å². The third kappa shape index (κ3) is 3.74. The molecule has 0 radical (unpaired) electrons. The Morgan fingerprint density at radius 1 is 1.13 bits per heavy atom. The Morgan fingerprint density at radius 3 is 2.87 bits per heavy atom. The minimum absolute atomic E-state index is 0.414. The highest BCUT2D eigenvalue weighted by atomic mass is 16.5. The molecule has 0 unspecified atom stereocenters. The molecule has 0 aromatic carbocycles. The summed E-state index contributed by atoms with van der Waals surface area (Å²) in [5.74, 6) is 0.636. The number of ether oxygens (including phenoxy) is 2. The summed E-state index contributed by atoms with van der Waals surface area (Å²) in [6.07, 6.45) is 6.59. The van der Waals surface area contributed by atoms with Crippen LogP contribution >= 0.6 is 0 Å². The highest BCUT2D eigenvalue weighted by Gasteiger charge is 2.39. The lowest BCUT2D eigenvalue weighted by Crippen LogP contribution is -2.39. The molecule has 0 amide bonds. The molecule has 3 fully saturated rings. The fourth-order valence-corrected chi connectivity index (χ4v) is 4.24. The van der Waals surface area contributed by atoms with Gasteiger partial charge in [0.15, 0.2) is 0 Å². The van der Waals surface area contributed by atoms with E-state index >= 15 is 0 Å². The lowest BCUT2D eigenvalue weighted by Gasteiger charge is -2.31. The fraction of sp³-hybridized carbons (Fsp3) is 0.722. The van der Waals surface area contributed by atoms with Crippen LogP contribution in [0.25, 0.3) is 0 Å². The molecular weight excluding hydrogens is 290 g/mol. The zero-order chi connectivity index (χ0) is 15.5. The standard InChI is InChI=1S/C18H27N3O2/c1-2-15(10-19-5-1)11-20-6-9-23-18-14-21(13-16(18)12-20)17-3-7-22-8-4-17/h1-2,5,10,16-18H,3-4,6-9,11-14H2/t16-,18+/m0/s1. The van der Waals surface area contributed by atoms with Crippen molar-refractivity contribution in [2.45, 2.75) is 31.5 Å². The molecule has 5 nitrogen and oxygen atoms in total. The number of likely N-dealkylation sites (tertiary alicyclic amines) is 1. The van der Waals surface area contributed by atoms with Gasteiger partial charge in [0, 0.05) is 70.3 Å². The zero-order valence-electron chi connectivity index (χ0n) is 13.8. The third-order valence-corrected chi connectivity index (χ3v) is 5.48. The van der Waals surface area contributed by atoms with E-state index in [1.807, 2.05) is 18.5 Å². The van der Waals surface area contributed by atoms with Crippen LogP contribution in [-0.4, -0.2) is 72.9 Å². The van der Waals surface area contributed by atoms with Gasteiger partial charge in [0.2, 0.25) is 0 Å². The van der Waals surface area contributed by atoms with Crippen molar-refractivity contribution in [3.8, 4) is 0 Å². The summed E-state index contributed by atoms with van der Waals surface area (Å²) >= 11 is 0. The molecule has 4 heterocycles. The SMILES string of the molecule is c1cncc(CN2CCO[C@@H]3CN(C4CCOCC4)C[C@@H]3C2)c1. The molecule has 0 aliphatic carbocycles. The van der Waals surface area contributed by atoms with Gasteiger partial charge in [-0.05, 0) is 24.5 Å². The molecule has 0 bridgehead atoms. The molecule has 2 atom stereocenters. The number of aromatic nitrogens is 1. The van der Waals surface area contributed by atoms with Crippen LogP contribution in [0.3, 0.4) is 0 Å². The molecule has 3 aliphatic heterocycles. The molecule has 23 heavy (non-hydrogen) atoms. The molecule has 0 saturated carbocycles. The molecule has 126 valence electrons. The summed E-state index contributed by atoms with van der Waals surface area (Å²) in [5, 5.41) is 0. The van der Waals surface area contributed by atoms with E-state index in [1.165, 1.54) is 24.9 Å². The van der Waals surface area contributed by atoms with Crippen LogP contribution in [0.2, 0.25) is 0 Å². The van der Waals surface area contributed by atoms with Crippen molar-refractivity contribution >= 4 is 0 Å².